The van der Waals surface area contributed by atoms with Crippen molar-refractivity contribution < 1.29 is 14.3 Å². The van der Waals surface area contributed by atoms with E-state index in [0.29, 0.717) is 48.1 Å². The zero-order valence-corrected chi connectivity index (χ0v) is 18.9. The summed E-state index contributed by atoms with van der Waals surface area (Å²) in [5, 5.41) is 9.08. The van der Waals surface area contributed by atoms with Crippen molar-refractivity contribution in [3.63, 3.8) is 0 Å². The fourth-order valence-corrected chi connectivity index (χ4v) is 4.69. The molecule has 10 heteroatoms. The summed E-state index contributed by atoms with van der Waals surface area (Å²) in [7, 11) is 1.57. The van der Waals surface area contributed by atoms with Crippen molar-refractivity contribution in [2.75, 3.05) is 33.3 Å². The second-order valence-electron chi connectivity index (χ2n) is 7.23. The van der Waals surface area contributed by atoms with E-state index in [1.54, 1.807) is 57.1 Å². The quantitative estimate of drug-likeness (QED) is 0.595. The molecule has 1 aliphatic heterocycles. The van der Waals surface area contributed by atoms with Gasteiger partial charge in [-0.05, 0) is 48.8 Å². The molecule has 1 fully saturated rings. The van der Waals surface area contributed by atoms with Gasteiger partial charge in [-0.2, -0.15) is 5.10 Å². The number of hydrogen-bond acceptors (Lipinski definition) is 6. The van der Waals surface area contributed by atoms with E-state index in [1.807, 2.05) is 24.4 Å². The van der Waals surface area contributed by atoms with Crippen LogP contribution in [-0.2, 0) is 4.79 Å². The number of carbonyl (C=O) groups excluding carboxylic acids is 2. The van der Waals surface area contributed by atoms with Gasteiger partial charge in [-0.25, -0.2) is 0 Å². The van der Waals surface area contributed by atoms with Crippen molar-refractivity contribution in [1.82, 2.24) is 24.6 Å². The Morgan fingerprint density at radius 2 is 1.90 bits per heavy atom. The highest BCUT2D eigenvalue weighted by Gasteiger charge is 2.30. The Balaban J connectivity index is 1.43. The summed E-state index contributed by atoms with van der Waals surface area (Å²) >= 11 is 6.93. The Morgan fingerprint density at radius 1 is 1.16 bits per heavy atom. The minimum absolute atomic E-state index is 0.0382. The van der Waals surface area contributed by atoms with Gasteiger partial charge in [-0.1, -0.05) is 12.1 Å². The van der Waals surface area contributed by atoms with Crippen molar-refractivity contribution in [2.45, 2.75) is 13.0 Å². The van der Waals surface area contributed by atoms with Crippen molar-refractivity contribution in [1.29, 1.82) is 0 Å². The number of thiophene rings is 1. The van der Waals surface area contributed by atoms with Crippen LogP contribution < -0.4 is 4.74 Å². The molecule has 1 saturated heterocycles. The molecular weight excluding hydrogens is 434 g/mol. The largest absolute Gasteiger partial charge is 0.497 e. The third-order valence-electron chi connectivity index (χ3n) is 5.39. The van der Waals surface area contributed by atoms with Crippen LogP contribution in [-0.4, -0.2) is 69.7 Å². The highest BCUT2D eigenvalue weighted by atomic mass is 32.1. The normalized spacial score (nSPS) is 15.0. The van der Waals surface area contributed by atoms with Crippen LogP contribution >= 0.6 is 23.6 Å². The summed E-state index contributed by atoms with van der Waals surface area (Å²) in [6.45, 7) is 3.72. The van der Waals surface area contributed by atoms with Gasteiger partial charge >= 0.3 is 0 Å². The summed E-state index contributed by atoms with van der Waals surface area (Å²) in [6.07, 6.45) is 0. The van der Waals surface area contributed by atoms with E-state index in [0.717, 1.165) is 4.88 Å². The Bertz CT molecular complexity index is 1130. The van der Waals surface area contributed by atoms with Crippen LogP contribution in [0.15, 0.2) is 41.8 Å². The van der Waals surface area contributed by atoms with Crippen molar-refractivity contribution >= 4 is 35.4 Å². The van der Waals surface area contributed by atoms with Crippen LogP contribution in [0, 0.1) is 4.77 Å². The zero-order chi connectivity index (χ0) is 22.0. The predicted octanol–water partition coefficient (Wildman–Crippen LogP) is 3.22. The summed E-state index contributed by atoms with van der Waals surface area (Å²) in [5.41, 5.74) is 0.581. The molecule has 162 valence electrons. The molecule has 1 unspecified atom stereocenters. The van der Waals surface area contributed by atoms with Gasteiger partial charge in [0.05, 0.1) is 12.0 Å². The first-order chi connectivity index (χ1) is 15.0. The zero-order valence-electron chi connectivity index (χ0n) is 17.3. The Hall–Kier alpha value is -2.98. The number of amides is 2. The van der Waals surface area contributed by atoms with Crippen LogP contribution in [0.1, 0.15) is 23.3 Å². The van der Waals surface area contributed by atoms with Gasteiger partial charge in [0.25, 0.3) is 5.91 Å². The van der Waals surface area contributed by atoms with Crippen LogP contribution in [0.3, 0.4) is 0 Å². The molecule has 0 bridgehead atoms. The monoisotopic (exact) mass is 457 g/mol. The second kappa shape index (κ2) is 9.03. The summed E-state index contributed by atoms with van der Waals surface area (Å²) in [6, 6.07) is 10.5. The third-order valence-corrected chi connectivity index (χ3v) is 6.54. The first kappa shape index (κ1) is 21.3. The fourth-order valence-electron chi connectivity index (χ4n) is 3.69. The van der Waals surface area contributed by atoms with E-state index < -0.39 is 6.04 Å². The summed E-state index contributed by atoms with van der Waals surface area (Å²) in [4.78, 5) is 30.5. The molecule has 0 aliphatic carbocycles. The number of hydrogen-bond donors (Lipinski definition) is 1. The van der Waals surface area contributed by atoms with E-state index in [1.165, 1.54) is 0 Å². The fraction of sp³-hybridized carbons (Fsp3) is 0.333. The average molecular weight is 458 g/mol. The molecule has 4 rings (SSSR count). The number of piperazine rings is 1. The molecule has 3 heterocycles. The SMILES string of the molecule is COc1cccc(C(=O)N2CCN(C(=O)C(C)n3c(-c4cccs4)n[nH]c3=S)CC2)c1. The number of H-pyrrole nitrogens is 1. The lowest BCUT2D eigenvalue weighted by molar-refractivity contribution is -0.135. The lowest BCUT2D eigenvalue weighted by atomic mass is 10.1. The average Bonchev–Trinajstić information content (AvgIpc) is 3.47. The van der Waals surface area contributed by atoms with Crippen LogP contribution in [0.4, 0.5) is 0 Å². The first-order valence-electron chi connectivity index (χ1n) is 9.92. The molecule has 0 spiro atoms. The molecule has 1 atom stereocenters. The minimum atomic E-state index is -0.496. The second-order valence-corrected chi connectivity index (χ2v) is 8.56. The highest BCUT2D eigenvalue weighted by Crippen LogP contribution is 2.26. The Kier molecular flexibility index (Phi) is 6.19. The maximum absolute atomic E-state index is 13.2. The number of aromatic nitrogens is 3. The Labute approximate surface area is 189 Å². The summed E-state index contributed by atoms with van der Waals surface area (Å²) < 4.78 is 7.38. The van der Waals surface area contributed by atoms with Gasteiger partial charge in [0.1, 0.15) is 11.8 Å². The van der Waals surface area contributed by atoms with E-state index in [4.69, 9.17) is 17.0 Å². The molecule has 31 heavy (non-hydrogen) atoms. The van der Waals surface area contributed by atoms with Crippen molar-refractivity contribution in [3.05, 3.63) is 52.1 Å². The van der Waals surface area contributed by atoms with E-state index in [-0.39, 0.29) is 11.8 Å². The predicted molar refractivity (Wildman–Crippen MR) is 121 cm³/mol. The van der Waals surface area contributed by atoms with Crippen molar-refractivity contribution in [3.8, 4) is 16.5 Å². The van der Waals surface area contributed by atoms with Gasteiger partial charge < -0.3 is 14.5 Å². The molecule has 0 saturated carbocycles. The minimum Gasteiger partial charge on any atom is -0.497 e. The third kappa shape index (κ3) is 4.26. The van der Waals surface area contributed by atoms with Gasteiger partial charge in [0.15, 0.2) is 10.6 Å². The van der Waals surface area contributed by atoms with E-state index >= 15 is 0 Å². The molecule has 2 amide bonds. The summed E-state index contributed by atoms with van der Waals surface area (Å²) in [5.74, 6) is 1.21. The number of nitrogens with one attached hydrogen (secondary N) is 1. The molecule has 1 aliphatic rings. The van der Waals surface area contributed by atoms with Gasteiger partial charge in [-0.15, -0.1) is 11.3 Å². The molecule has 0 radical (unpaired) electrons. The molecule has 1 N–H and O–H groups in total. The van der Waals surface area contributed by atoms with Crippen molar-refractivity contribution in [2.24, 2.45) is 0 Å². The number of carbonyl (C=O) groups is 2. The first-order valence-corrected chi connectivity index (χ1v) is 11.2. The standard InChI is InChI=1S/C21H23N5O3S2/c1-14(26-18(22-23-21(26)30)17-7-4-12-31-17)19(27)24-8-10-25(11-9-24)20(28)15-5-3-6-16(13-15)29-2/h3-7,12-14H,8-11H2,1-2H3,(H,23,30). The number of rotatable bonds is 5. The van der Waals surface area contributed by atoms with Gasteiger partial charge in [-0.3, -0.25) is 19.3 Å². The molecular formula is C21H23N5O3S2. The number of aromatic amines is 1. The van der Waals surface area contributed by atoms with Gasteiger partial charge in [0, 0.05) is 31.7 Å². The van der Waals surface area contributed by atoms with E-state index in [9.17, 15) is 9.59 Å². The van der Waals surface area contributed by atoms with Crippen LogP contribution in [0.5, 0.6) is 5.75 Å². The number of methoxy groups -OCH3 is 1. The van der Waals surface area contributed by atoms with Crippen LogP contribution in [0.2, 0.25) is 0 Å². The maximum Gasteiger partial charge on any atom is 0.254 e. The lowest BCUT2D eigenvalue weighted by Crippen LogP contribution is -2.52. The molecule has 1 aromatic carbocycles. The number of benzene rings is 1. The topological polar surface area (TPSA) is 83.5 Å². The maximum atomic E-state index is 13.2. The van der Waals surface area contributed by atoms with Gasteiger partial charge in [0.2, 0.25) is 5.91 Å². The van der Waals surface area contributed by atoms with Crippen LogP contribution in [0.25, 0.3) is 10.7 Å². The number of nitrogens with zero attached hydrogens (tertiary/aromatic N) is 4. The molecule has 2 aromatic heterocycles. The smallest absolute Gasteiger partial charge is 0.254 e. The Morgan fingerprint density at radius 3 is 2.58 bits per heavy atom. The van der Waals surface area contributed by atoms with E-state index in [2.05, 4.69) is 10.2 Å². The highest BCUT2D eigenvalue weighted by molar-refractivity contribution is 7.71. The molecule has 3 aromatic rings. The number of ether oxygens (including phenoxy) is 1. The molecule has 8 nitrogen and oxygen atoms in total. The lowest BCUT2D eigenvalue weighted by Gasteiger charge is -2.36.